The van der Waals surface area contributed by atoms with E-state index in [-0.39, 0.29) is 11.9 Å². The summed E-state index contributed by atoms with van der Waals surface area (Å²) >= 11 is 1.43. The average molecular weight is 402 g/mol. The van der Waals surface area contributed by atoms with Crippen molar-refractivity contribution < 1.29 is 4.79 Å². The van der Waals surface area contributed by atoms with Crippen LogP contribution in [-0.2, 0) is 6.42 Å². The maximum Gasteiger partial charge on any atom is 0.259 e. The number of thiazole rings is 1. The zero-order chi connectivity index (χ0) is 20.4. The van der Waals surface area contributed by atoms with E-state index in [1.165, 1.54) is 11.3 Å². The normalized spacial score (nSPS) is 11.0. The first-order valence-electron chi connectivity index (χ1n) is 9.12. The molecule has 0 unspecified atom stereocenters. The predicted octanol–water partition coefficient (Wildman–Crippen LogP) is 4.18. The molecule has 144 valence electrons. The summed E-state index contributed by atoms with van der Waals surface area (Å²) in [6.07, 6.45) is 5.73. The second kappa shape index (κ2) is 7.81. The number of hydrogen-bond acceptors (Lipinski definition) is 6. The molecule has 0 bridgehead atoms. The summed E-state index contributed by atoms with van der Waals surface area (Å²) in [7, 11) is 0. The number of rotatable bonds is 5. The third kappa shape index (κ3) is 4.00. The molecule has 0 aliphatic heterocycles. The van der Waals surface area contributed by atoms with Crippen LogP contribution in [0.4, 0.5) is 5.13 Å². The summed E-state index contributed by atoms with van der Waals surface area (Å²) in [4.78, 5) is 22.3. The lowest BCUT2D eigenvalue weighted by Crippen LogP contribution is -2.12. The fraction of sp³-hybridized carbons (Fsp3) is 0.190. The van der Waals surface area contributed by atoms with Gasteiger partial charge in [-0.3, -0.25) is 10.1 Å². The van der Waals surface area contributed by atoms with Gasteiger partial charge in [0.2, 0.25) is 0 Å². The van der Waals surface area contributed by atoms with E-state index in [0.29, 0.717) is 22.7 Å². The van der Waals surface area contributed by atoms with Crippen LogP contribution in [0.2, 0.25) is 0 Å². The van der Waals surface area contributed by atoms with E-state index in [4.69, 9.17) is 5.26 Å². The molecule has 0 fully saturated rings. The van der Waals surface area contributed by atoms with Crippen LogP contribution in [0.5, 0.6) is 0 Å². The van der Waals surface area contributed by atoms with Gasteiger partial charge >= 0.3 is 0 Å². The molecule has 0 saturated heterocycles. The molecular weight excluding hydrogens is 384 g/mol. The number of nitrogens with zero attached hydrogens (tertiary/aromatic N) is 5. The number of carbonyl (C=O) groups excluding carboxylic acids is 1. The monoisotopic (exact) mass is 402 g/mol. The first kappa shape index (κ1) is 18.8. The number of fused-ring (bicyclic) bond motifs is 1. The van der Waals surface area contributed by atoms with E-state index in [1.807, 2.05) is 30.7 Å². The molecule has 4 aromatic rings. The number of pyridine rings is 1. The Morgan fingerprint density at radius 3 is 2.72 bits per heavy atom. The topological polar surface area (TPSA) is 96.5 Å². The van der Waals surface area contributed by atoms with Crippen molar-refractivity contribution in [2.24, 2.45) is 0 Å². The van der Waals surface area contributed by atoms with Crippen molar-refractivity contribution in [3.63, 3.8) is 0 Å². The summed E-state index contributed by atoms with van der Waals surface area (Å²) in [5.74, 6) is -0.254. The van der Waals surface area contributed by atoms with Crippen molar-refractivity contribution in [3.8, 4) is 6.07 Å². The Kier molecular flexibility index (Phi) is 5.06. The number of amides is 1. The lowest BCUT2D eigenvalue weighted by Gasteiger charge is -2.06. The van der Waals surface area contributed by atoms with Crippen LogP contribution in [0.3, 0.4) is 0 Å². The van der Waals surface area contributed by atoms with Crippen molar-refractivity contribution in [3.05, 3.63) is 70.5 Å². The van der Waals surface area contributed by atoms with E-state index in [9.17, 15) is 4.79 Å². The van der Waals surface area contributed by atoms with Gasteiger partial charge in [-0.15, -0.1) is 11.3 Å². The quantitative estimate of drug-likeness (QED) is 0.540. The lowest BCUT2D eigenvalue weighted by molar-refractivity contribution is 0.102. The van der Waals surface area contributed by atoms with Crippen molar-refractivity contribution >= 4 is 33.4 Å². The highest BCUT2D eigenvalue weighted by Gasteiger charge is 2.13. The van der Waals surface area contributed by atoms with Crippen LogP contribution in [0.25, 0.3) is 11.0 Å². The molecule has 29 heavy (non-hydrogen) atoms. The van der Waals surface area contributed by atoms with E-state index >= 15 is 0 Å². The Labute approximate surface area is 171 Å². The minimum absolute atomic E-state index is 0.199. The van der Waals surface area contributed by atoms with Crippen LogP contribution < -0.4 is 5.32 Å². The minimum Gasteiger partial charge on any atom is -0.298 e. The fourth-order valence-corrected chi connectivity index (χ4v) is 3.80. The van der Waals surface area contributed by atoms with E-state index in [1.54, 1.807) is 36.8 Å². The first-order chi connectivity index (χ1) is 14.0. The van der Waals surface area contributed by atoms with Gasteiger partial charge in [0, 0.05) is 35.1 Å². The molecule has 3 heterocycles. The predicted molar refractivity (Wildman–Crippen MR) is 112 cm³/mol. The second-order valence-corrected chi connectivity index (χ2v) is 8.01. The molecular formula is C21H18N6OS. The van der Waals surface area contributed by atoms with Gasteiger partial charge in [0.05, 0.1) is 23.4 Å². The Hall–Kier alpha value is -3.57. The highest BCUT2D eigenvalue weighted by molar-refractivity contribution is 7.15. The standard InChI is InChI=1S/C21H18N6OS/c1-13(2)27-19-16(11-25-27)8-17(10-23-19)20(28)26-21-24-12-18(29-21)7-14-3-5-15(9-22)6-4-14/h3-6,8,10-13H,7H2,1-2H3,(H,24,26,28). The summed E-state index contributed by atoms with van der Waals surface area (Å²) < 4.78 is 1.83. The zero-order valence-electron chi connectivity index (χ0n) is 16.0. The molecule has 1 aromatic carbocycles. The van der Waals surface area contributed by atoms with E-state index < -0.39 is 0 Å². The summed E-state index contributed by atoms with van der Waals surface area (Å²) in [6.45, 7) is 4.07. The summed E-state index contributed by atoms with van der Waals surface area (Å²) in [5.41, 5.74) is 2.94. The molecule has 0 atom stereocenters. The molecule has 0 spiro atoms. The Morgan fingerprint density at radius 2 is 2.00 bits per heavy atom. The van der Waals surface area contributed by atoms with Crippen molar-refractivity contribution in [2.45, 2.75) is 26.3 Å². The molecule has 1 amide bonds. The zero-order valence-corrected chi connectivity index (χ0v) is 16.8. The largest absolute Gasteiger partial charge is 0.298 e. The van der Waals surface area contributed by atoms with Gasteiger partial charge < -0.3 is 0 Å². The van der Waals surface area contributed by atoms with Crippen LogP contribution in [0, 0.1) is 11.3 Å². The van der Waals surface area contributed by atoms with Gasteiger partial charge in [0.1, 0.15) is 0 Å². The van der Waals surface area contributed by atoms with Crippen LogP contribution in [0.1, 0.15) is 46.3 Å². The SMILES string of the molecule is CC(C)n1ncc2cc(C(=O)Nc3ncc(Cc4ccc(C#N)cc4)s3)cnc21. The maximum absolute atomic E-state index is 12.6. The van der Waals surface area contributed by atoms with Gasteiger partial charge in [0.15, 0.2) is 10.8 Å². The van der Waals surface area contributed by atoms with Crippen LogP contribution in [-0.4, -0.2) is 25.7 Å². The number of nitrogens with one attached hydrogen (secondary N) is 1. The second-order valence-electron chi connectivity index (χ2n) is 6.89. The fourth-order valence-electron chi connectivity index (χ4n) is 2.96. The summed E-state index contributed by atoms with van der Waals surface area (Å²) in [6, 6.07) is 11.5. The molecule has 0 aliphatic rings. The highest BCUT2D eigenvalue weighted by Crippen LogP contribution is 2.23. The molecule has 7 nitrogen and oxygen atoms in total. The van der Waals surface area contributed by atoms with Crippen molar-refractivity contribution in [1.82, 2.24) is 19.7 Å². The van der Waals surface area contributed by atoms with E-state index in [2.05, 4.69) is 26.5 Å². The smallest absolute Gasteiger partial charge is 0.259 e. The lowest BCUT2D eigenvalue weighted by atomic mass is 10.1. The van der Waals surface area contributed by atoms with Crippen LogP contribution >= 0.6 is 11.3 Å². The first-order valence-corrected chi connectivity index (χ1v) is 9.93. The molecule has 0 saturated carbocycles. The maximum atomic E-state index is 12.6. The number of nitriles is 1. The number of benzene rings is 1. The number of aromatic nitrogens is 4. The molecule has 4 rings (SSSR count). The Balaban J connectivity index is 1.46. The van der Waals surface area contributed by atoms with Gasteiger partial charge in [-0.2, -0.15) is 10.4 Å². The molecule has 1 N–H and O–H groups in total. The third-order valence-electron chi connectivity index (χ3n) is 4.42. The molecule has 0 radical (unpaired) electrons. The van der Waals surface area contributed by atoms with Crippen molar-refractivity contribution in [1.29, 1.82) is 5.26 Å². The van der Waals surface area contributed by atoms with Gasteiger partial charge in [-0.1, -0.05) is 12.1 Å². The summed E-state index contributed by atoms with van der Waals surface area (Å²) in [5, 5.41) is 17.4. The van der Waals surface area contributed by atoms with E-state index in [0.717, 1.165) is 21.5 Å². The minimum atomic E-state index is -0.254. The van der Waals surface area contributed by atoms with Gasteiger partial charge in [0.25, 0.3) is 5.91 Å². The average Bonchev–Trinajstić information content (AvgIpc) is 3.34. The third-order valence-corrected chi connectivity index (χ3v) is 5.33. The Bertz CT molecular complexity index is 1220. The number of hydrogen-bond donors (Lipinski definition) is 1. The Morgan fingerprint density at radius 1 is 1.21 bits per heavy atom. The van der Waals surface area contributed by atoms with Gasteiger partial charge in [-0.05, 0) is 37.6 Å². The number of anilines is 1. The highest BCUT2D eigenvalue weighted by atomic mass is 32.1. The van der Waals surface area contributed by atoms with Crippen molar-refractivity contribution in [2.75, 3.05) is 5.32 Å². The molecule has 0 aliphatic carbocycles. The number of carbonyl (C=O) groups is 1. The van der Waals surface area contributed by atoms with Crippen LogP contribution in [0.15, 0.2) is 48.9 Å². The molecule has 3 aromatic heterocycles. The molecule has 8 heteroatoms. The van der Waals surface area contributed by atoms with Gasteiger partial charge in [-0.25, -0.2) is 14.6 Å².